The van der Waals surface area contributed by atoms with Crippen molar-refractivity contribution in [3.63, 3.8) is 0 Å². The van der Waals surface area contributed by atoms with Gasteiger partial charge in [0.05, 0.1) is 25.4 Å². The average molecular weight is 942 g/mol. The quantitative estimate of drug-likeness (QED) is 0.0261. The zero-order valence-corrected chi connectivity index (χ0v) is 42.9. The van der Waals surface area contributed by atoms with E-state index >= 15 is 0 Å². The van der Waals surface area contributed by atoms with Crippen molar-refractivity contribution in [1.29, 1.82) is 0 Å². The summed E-state index contributed by atoms with van der Waals surface area (Å²) in [4.78, 5) is 13.0. The zero-order valence-electron chi connectivity index (χ0n) is 42.9. The molecule has 0 radical (unpaired) electrons. The van der Waals surface area contributed by atoms with E-state index in [1.165, 1.54) is 135 Å². The Labute approximate surface area is 410 Å². The molecule has 7 atom stereocenters. The summed E-state index contributed by atoms with van der Waals surface area (Å²) < 4.78 is 11.2. The molecule has 0 spiro atoms. The molecule has 0 saturated carbocycles. The van der Waals surface area contributed by atoms with E-state index in [1.807, 2.05) is 6.08 Å². The molecule has 1 saturated heterocycles. The van der Waals surface area contributed by atoms with Crippen LogP contribution in [-0.4, -0.2) is 87.5 Å². The molecule has 1 heterocycles. The Hall–Kier alpha value is -2.37. The fourth-order valence-corrected chi connectivity index (χ4v) is 8.42. The van der Waals surface area contributed by atoms with E-state index in [0.717, 1.165) is 70.6 Å². The normalized spacial score (nSPS) is 20.3. The van der Waals surface area contributed by atoms with Crippen molar-refractivity contribution in [2.24, 2.45) is 0 Å². The van der Waals surface area contributed by atoms with Crippen LogP contribution >= 0.6 is 0 Å². The molecule has 1 aliphatic heterocycles. The van der Waals surface area contributed by atoms with E-state index in [2.05, 4.69) is 79.9 Å². The molecule has 9 heteroatoms. The smallest absolute Gasteiger partial charge is 0.220 e. The highest BCUT2D eigenvalue weighted by atomic mass is 16.7. The third kappa shape index (κ3) is 37.2. The lowest BCUT2D eigenvalue weighted by atomic mass is 9.99. The summed E-state index contributed by atoms with van der Waals surface area (Å²) in [6, 6.07) is -0.827. The number of allylic oxidation sites excluding steroid dienone is 11. The largest absolute Gasteiger partial charge is 0.394 e. The number of aliphatic hydroxyl groups excluding tert-OH is 5. The van der Waals surface area contributed by atoms with Gasteiger partial charge in [-0.15, -0.1) is 0 Å². The molecule has 0 aliphatic carbocycles. The fraction of sp³-hybridized carbons (Fsp3) is 0.776. The van der Waals surface area contributed by atoms with Crippen molar-refractivity contribution in [3.8, 4) is 0 Å². The van der Waals surface area contributed by atoms with Gasteiger partial charge in [-0.3, -0.25) is 4.79 Å². The Morgan fingerprint density at radius 2 is 0.925 bits per heavy atom. The van der Waals surface area contributed by atoms with E-state index in [4.69, 9.17) is 9.47 Å². The maximum absolute atomic E-state index is 13.0. The molecule has 1 aliphatic rings. The highest BCUT2D eigenvalue weighted by molar-refractivity contribution is 5.76. The van der Waals surface area contributed by atoms with Crippen molar-refractivity contribution in [2.75, 3.05) is 13.2 Å². The van der Waals surface area contributed by atoms with Crippen molar-refractivity contribution >= 4 is 5.91 Å². The molecule has 1 rings (SSSR count). The third-order valence-corrected chi connectivity index (χ3v) is 12.8. The maximum atomic E-state index is 13.0. The number of hydrogen-bond acceptors (Lipinski definition) is 8. The van der Waals surface area contributed by atoms with Crippen LogP contribution in [0.3, 0.4) is 0 Å². The minimum Gasteiger partial charge on any atom is -0.394 e. The molecule has 9 nitrogen and oxygen atoms in total. The van der Waals surface area contributed by atoms with Crippen LogP contribution in [0.2, 0.25) is 0 Å². The van der Waals surface area contributed by atoms with Gasteiger partial charge in [-0.1, -0.05) is 234 Å². The highest BCUT2D eigenvalue weighted by Gasteiger charge is 2.44. The van der Waals surface area contributed by atoms with Gasteiger partial charge in [0.25, 0.3) is 0 Å². The van der Waals surface area contributed by atoms with Crippen molar-refractivity contribution in [3.05, 3.63) is 72.9 Å². The average Bonchev–Trinajstić information content (AvgIpc) is 3.33. The second-order valence-corrected chi connectivity index (χ2v) is 19.0. The number of aliphatic hydroxyl groups is 5. The first kappa shape index (κ1) is 62.6. The van der Waals surface area contributed by atoms with Crippen molar-refractivity contribution in [1.82, 2.24) is 5.32 Å². The van der Waals surface area contributed by atoms with Crippen molar-refractivity contribution < 1.29 is 39.8 Å². The first-order valence-electron chi connectivity index (χ1n) is 27.7. The van der Waals surface area contributed by atoms with Crippen LogP contribution in [0.5, 0.6) is 0 Å². The van der Waals surface area contributed by atoms with Crippen LogP contribution in [-0.2, 0) is 14.3 Å². The van der Waals surface area contributed by atoms with Gasteiger partial charge < -0.3 is 40.3 Å². The number of ether oxygens (including phenoxy) is 2. The number of carbonyl (C=O) groups excluding carboxylic acids is 1. The minimum absolute atomic E-state index is 0.205. The number of nitrogens with one attached hydrogen (secondary N) is 1. The summed E-state index contributed by atoms with van der Waals surface area (Å²) in [5.74, 6) is -0.209. The van der Waals surface area contributed by atoms with Crippen LogP contribution in [0, 0.1) is 0 Å². The maximum Gasteiger partial charge on any atom is 0.220 e. The second-order valence-electron chi connectivity index (χ2n) is 19.0. The number of rotatable bonds is 46. The van der Waals surface area contributed by atoms with Crippen molar-refractivity contribution in [2.45, 2.75) is 275 Å². The Bertz CT molecular complexity index is 1280. The molecule has 0 aromatic carbocycles. The molecular weight excluding hydrogens is 839 g/mol. The van der Waals surface area contributed by atoms with E-state index in [-0.39, 0.29) is 12.5 Å². The lowest BCUT2D eigenvalue weighted by molar-refractivity contribution is -0.302. The van der Waals surface area contributed by atoms with Gasteiger partial charge in [-0.05, 0) is 64.2 Å². The van der Waals surface area contributed by atoms with Crippen LogP contribution in [0.1, 0.15) is 232 Å². The zero-order chi connectivity index (χ0) is 48.7. The molecule has 388 valence electrons. The predicted molar refractivity (Wildman–Crippen MR) is 281 cm³/mol. The topological polar surface area (TPSA) is 149 Å². The Kier molecular flexibility index (Phi) is 44.2. The lowest BCUT2D eigenvalue weighted by Gasteiger charge is -2.40. The van der Waals surface area contributed by atoms with Crippen LogP contribution in [0.15, 0.2) is 72.9 Å². The van der Waals surface area contributed by atoms with Gasteiger partial charge in [-0.25, -0.2) is 0 Å². The molecule has 7 unspecified atom stereocenters. The van der Waals surface area contributed by atoms with E-state index in [1.54, 1.807) is 6.08 Å². The molecule has 0 aromatic heterocycles. The summed E-state index contributed by atoms with van der Waals surface area (Å²) in [5, 5.41) is 54.4. The number of hydrogen-bond donors (Lipinski definition) is 6. The fourth-order valence-electron chi connectivity index (χ4n) is 8.42. The van der Waals surface area contributed by atoms with E-state index in [9.17, 15) is 30.3 Å². The Morgan fingerprint density at radius 1 is 0.522 bits per heavy atom. The number of unbranched alkanes of at least 4 members (excludes halogenated alkanes) is 26. The van der Waals surface area contributed by atoms with Gasteiger partial charge in [0.15, 0.2) is 6.29 Å². The standard InChI is InChI=1S/C58H103NO8/c1-3-5-7-9-11-13-15-17-19-21-23-24-25-26-27-28-30-31-33-35-37-39-41-43-45-47-52(61)51(50-66-58-57(65)56(64)55(63)53(49-60)67-58)59-54(62)48-46-44-42-40-38-36-34-32-29-22-20-18-16-14-12-10-8-6-4-2/h6,8,12,14,18,20,29,32,36,38,45,47,51-53,55-58,60-61,63-65H,3-5,7,9-11,13,15-17,19,21-28,30-31,33-35,37,39-44,46,48-50H2,1-2H3,(H,59,62)/b8-6-,14-12-,20-18-,32-29-,38-36-,47-45+. The van der Waals surface area contributed by atoms with Crippen LogP contribution < -0.4 is 5.32 Å². The monoisotopic (exact) mass is 942 g/mol. The summed E-state index contributed by atoms with van der Waals surface area (Å²) in [6.45, 7) is 3.65. The molecule has 6 N–H and O–H groups in total. The number of carbonyl (C=O) groups is 1. The van der Waals surface area contributed by atoms with Gasteiger partial charge in [0, 0.05) is 6.42 Å². The summed E-state index contributed by atoms with van der Waals surface area (Å²) in [6.07, 6.45) is 58.2. The van der Waals surface area contributed by atoms with Crippen LogP contribution in [0.25, 0.3) is 0 Å². The SMILES string of the molecule is CC/C=C\C/C=C\C/C=C\C/C=C\C/C=C\CCCCCC(=O)NC(COC1OC(CO)C(O)C(O)C1O)C(O)/C=C/CCCCCCCCCCCCCCCCCCCCCCCCC. The Balaban J connectivity index is 2.28. The molecular formula is C58H103NO8. The lowest BCUT2D eigenvalue weighted by Crippen LogP contribution is -2.60. The second kappa shape index (κ2) is 47.3. The summed E-state index contributed by atoms with van der Waals surface area (Å²) >= 11 is 0. The van der Waals surface area contributed by atoms with Crippen LogP contribution in [0.4, 0.5) is 0 Å². The molecule has 0 aromatic rings. The van der Waals surface area contributed by atoms with Gasteiger partial charge in [-0.2, -0.15) is 0 Å². The predicted octanol–water partition coefficient (Wildman–Crippen LogP) is 13.3. The highest BCUT2D eigenvalue weighted by Crippen LogP contribution is 2.23. The Morgan fingerprint density at radius 3 is 1.37 bits per heavy atom. The summed E-state index contributed by atoms with van der Waals surface area (Å²) in [5.41, 5.74) is 0. The van der Waals surface area contributed by atoms with E-state index in [0.29, 0.717) is 12.8 Å². The molecule has 0 bridgehead atoms. The first-order valence-corrected chi connectivity index (χ1v) is 27.7. The third-order valence-electron chi connectivity index (χ3n) is 12.8. The van der Waals surface area contributed by atoms with Gasteiger partial charge >= 0.3 is 0 Å². The van der Waals surface area contributed by atoms with Gasteiger partial charge in [0.2, 0.25) is 5.91 Å². The van der Waals surface area contributed by atoms with Gasteiger partial charge in [0.1, 0.15) is 24.4 Å². The molecule has 1 fully saturated rings. The van der Waals surface area contributed by atoms with E-state index < -0.39 is 49.5 Å². The number of amides is 1. The summed E-state index contributed by atoms with van der Waals surface area (Å²) in [7, 11) is 0. The first-order chi connectivity index (χ1) is 32.8. The minimum atomic E-state index is -1.58. The molecule has 67 heavy (non-hydrogen) atoms. The molecule has 1 amide bonds.